The molecule has 3 N–H and O–H groups in total. The van der Waals surface area contributed by atoms with Crippen LogP contribution in [0.3, 0.4) is 0 Å². The van der Waals surface area contributed by atoms with E-state index in [1.807, 2.05) is 17.8 Å². The van der Waals surface area contributed by atoms with Crippen molar-refractivity contribution in [2.24, 2.45) is 18.3 Å². The van der Waals surface area contributed by atoms with E-state index in [1.54, 1.807) is 6.20 Å². The Balaban J connectivity index is 2.61. The summed E-state index contributed by atoms with van der Waals surface area (Å²) in [6.07, 6.45) is 5.87. The van der Waals surface area contributed by atoms with Gasteiger partial charge in [-0.05, 0) is 18.3 Å². The number of hydrogen-bond acceptors (Lipinski definition) is 3. The minimum Gasteiger partial charge on any atom is -0.337 e. The Morgan fingerprint density at radius 3 is 2.60 bits per heavy atom. The number of nitrogens with one attached hydrogen (secondary N) is 1. The number of hydrazine groups is 1. The maximum absolute atomic E-state index is 5.56. The SMILES string of the molecule is Cn1ccnc1C(CCC(C)(C)C)NN. The van der Waals surface area contributed by atoms with Crippen LogP contribution in [0, 0.1) is 5.41 Å². The minimum absolute atomic E-state index is 0.143. The number of hydrogen-bond donors (Lipinski definition) is 2. The molecule has 1 rings (SSSR count). The molecule has 86 valence electrons. The van der Waals surface area contributed by atoms with Gasteiger partial charge in [0, 0.05) is 19.4 Å². The highest BCUT2D eigenvalue weighted by Crippen LogP contribution is 2.26. The van der Waals surface area contributed by atoms with Gasteiger partial charge in [0.15, 0.2) is 0 Å². The van der Waals surface area contributed by atoms with Gasteiger partial charge >= 0.3 is 0 Å². The number of aryl methyl sites for hydroxylation is 1. The zero-order valence-electron chi connectivity index (χ0n) is 10.1. The molecule has 1 unspecified atom stereocenters. The Morgan fingerprint density at radius 2 is 2.20 bits per heavy atom. The van der Waals surface area contributed by atoms with Crippen molar-refractivity contribution in [3.05, 3.63) is 18.2 Å². The highest BCUT2D eigenvalue weighted by Gasteiger charge is 2.18. The van der Waals surface area contributed by atoms with Crippen molar-refractivity contribution in [1.82, 2.24) is 15.0 Å². The molecule has 0 aromatic carbocycles. The van der Waals surface area contributed by atoms with Gasteiger partial charge in [0.25, 0.3) is 0 Å². The van der Waals surface area contributed by atoms with Crippen LogP contribution in [0.2, 0.25) is 0 Å². The van der Waals surface area contributed by atoms with Crippen LogP contribution >= 0.6 is 0 Å². The van der Waals surface area contributed by atoms with Crippen LogP contribution in [0.4, 0.5) is 0 Å². The van der Waals surface area contributed by atoms with E-state index >= 15 is 0 Å². The van der Waals surface area contributed by atoms with Crippen LogP contribution in [0.1, 0.15) is 45.5 Å². The average molecular weight is 210 g/mol. The van der Waals surface area contributed by atoms with E-state index in [0.717, 1.165) is 18.7 Å². The maximum Gasteiger partial charge on any atom is 0.126 e. The van der Waals surface area contributed by atoms with Crippen LogP contribution in [-0.4, -0.2) is 9.55 Å². The van der Waals surface area contributed by atoms with Crippen molar-refractivity contribution in [3.63, 3.8) is 0 Å². The quantitative estimate of drug-likeness (QED) is 0.588. The third kappa shape index (κ3) is 3.64. The van der Waals surface area contributed by atoms with Gasteiger partial charge in [-0.25, -0.2) is 10.4 Å². The second-order valence-corrected chi connectivity index (χ2v) is 5.21. The minimum atomic E-state index is 0.143. The molecule has 0 aliphatic carbocycles. The first-order valence-corrected chi connectivity index (χ1v) is 5.37. The highest BCUT2D eigenvalue weighted by molar-refractivity contribution is 4.98. The van der Waals surface area contributed by atoms with Crippen LogP contribution in [0.5, 0.6) is 0 Å². The molecule has 0 aliphatic rings. The summed E-state index contributed by atoms with van der Waals surface area (Å²) < 4.78 is 2.01. The molecule has 1 heterocycles. The Bertz CT molecular complexity index is 298. The third-order valence-electron chi connectivity index (χ3n) is 2.55. The van der Waals surface area contributed by atoms with Gasteiger partial charge in [-0.2, -0.15) is 0 Å². The van der Waals surface area contributed by atoms with Gasteiger partial charge in [0.2, 0.25) is 0 Å². The fraction of sp³-hybridized carbons (Fsp3) is 0.727. The van der Waals surface area contributed by atoms with Crippen LogP contribution in [0.25, 0.3) is 0 Å². The number of aromatic nitrogens is 2. The van der Waals surface area contributed by atoms with E-state index in [-0.39, 0.29) is 6.04 Å². The number of imidazole rings is 1. The zero-order chi connectivity index (χ0) is 11.5. The smallest absolute Gasteiger partial charge is 0.126 e. The molecule has 0 radical (unpaired) electrons. The monoisotopic (exact) mass is 210 g/mol. The first kappa shape index (κ1) is 12.2. The van der Waals surface area contributed by atoms with Gasteiger partial charge in [0.05, 0.1) is 6.04 Å². The van der Waals surface area contributed by atoms with E-state index < -0.39 is 0 Å². The lowest BCUT2D eigenvalue weighted by atomic mass is 9.88. The summed E-state index contributed by atoms with van der Waals surface area (Å²) in [7, 11) is 1.99. The van der Waals surface area contributed by atoms with Crippen LogP contribution < -0.4 is 11.3 Å². The Kier molecular flexibility index (Phi) is 3.88. The largest absolute Gasteiger partial charge is 0.337 e. The van der Waals surface area contributed by atoms with E-state index in [9.17, 15) is 0 Å². The second-order valence-electron chi connectivity index (χ2n) is 5.21. The summed E-state index contributed by atoms with van der Waals surface area (Å²) in [6.45, 7) is 6.71. The molecule has 1 aromatic rings. The number of nitrogens with zero attached hydrogens (tertiary/aromatic N) is 2. The predicted molar refractivity (Wildman–Crippen MR) is 62.0 cm³/mol. The van der Waals surface area contributed by atoms with Crippen LogP contribution in [0.15, 0.2) is 12.4 Å². The maximum atomic E-state index is 5.56. The van der Waals surface area contributed by atoms with Gasteiger partial charge < -0.3 is 4.57 Å². The van der Waals surface area contributed by atoms with Crippen molar-refractivity contribution in [2.45, 2.75) is 39.7 Å². The standard InChI is InChI=1S/C11H22N4/c1-11(2,3)6-5-9(14-12)10-13-7-8-15(10)4/h7-9,14H,5-6,12H2,1-4H3. The highest BCUT2D eigenvalue weighted by atomic mass is 15.3. The fourth-order valence-corrected chi connectivity index (χ4v) is 1.58. The normalized spacial score (nSPS) is 14.2. The van der Waals surface area contributed by atoms with Crippen molar-refractivity contribution in [1.29, 1.82) is 0 Å². The van der Waals surface area contributed by atoms with Crippen molar-refractivity contribution >= 4 is 0 Å². The van der Waals surface area contributed by atoms with E-state index in [0.29, 0.717) is 5.41 Å². The topological polar surface area (TPSA) is 55.9 Å². The van der Waals surface area contributed by atoms with Gasteiger partial charge in [-0.15, -0.1) is 0 Å². The summed E-state index contributed by atoms with van der Waals surface area (Å²) in [5, 5.41) is 0. The van der Waals surface area contributed by atoms with E-state index in [1.165, 1.54) is 0 Å². The summed E-state index contributed by atoms with van der Waals surface area (Å²) in [5.74, 6) is 6.56. The Morgan fingerprint density at radius 1 is 1.53 bits per heavy atom. The molecule has 0 bridgehead atoms. The summed E-state index contributed by atoms with van der Waals surface area (Å²) >= 11 is 0. The van der Waals surface area contributed by atoms with Crippen molar-refractivity contribution < 1.29 is 0 Å². The molecular weight excluding hydrogens is 188 g/mol. The molecule has 4 heteroatoms. The molecule has 0 aliphatic heterocycles. The lowest BCUT2D eigenvalue weighted by Gasteiger charge is -2.22. The predicted octanol–water partition coefficient (Wildman–Crippen LogP) is 1.75. The van der Waals surface area contributed by atoms with Crippen molar-refractivity contribution in [3.8, 4) is 0 Å². The molecule has 0 saturated heterocycles. The molecule has 0 amide bonds. The Labute approximate surface area is 91.8 Å². The van der Waals surface area contributed by atoms with Crippen molar-refractivity contribution in [2.75, 3.05) is 0 Å². The second kappa shape index (κ2) is 4.77. The summed E-state index contributed by atoms with van der Waals surface area (Å²) in [5.41, 5.74) is 3.17. The molecule has 15 heavy (non-hydrogen) atoms. The fourth-order valence-electron chi connectivity index (χ4n) is 1.58. The first-order valence-electron chi connectivity index (χ1n) is 5.37. The molecule has 0 saturated carbocycles. The number of rotatable bonds is 4. The molecule has 1 atom stereocenters. The lowest BCUT2D eigenvalue weighted by Crippen LogP contribution is -2.30. The van der Waals surface area contributed by atoms with Gasteiger partial charge in [-0.3, -0.25) is 5.84 Å². The molecule has 1 aromatic heterocycles. The molecule has 4 nitrogen and oxygen atoms in total. The Hall–Kier alpha value is -0.870. The lowest BCUT2D eigenvalue weighted by molar-refractivity contribution is 0.326. The van der Waals surface area contributed by atoms with Gasteiger partial charge in [0.1, 0.15) is 5.82 Å². The number of nitrogens with two attached hydrogens (primary N) is 1. The summed E-state index contributed by atoms with van der Waals surface area (Å²) in [4.78, 5) is 4.31. The zero-order valence-corrected chi connectivity index (χ0v) is 10.1. The molecule has 0 spiro atoms. The van der Waals surface area contributed by atoms with E-state index in [2.05, 4.69) is 31.2 Å². The van der Waals surface area contributed by atoms with E-state index in [4.69, 9.17) is 5.84 Å². The van der Waals surface area contributed by atoms with Crippen LogP contribution in [-0.2, 0) is 7.05 Å². The average Bonchev–Trinajstić information content (AvgIpc) is 2.52. The first-order chi connectivity index (χ1) is 6.94. The van der Waals surface area contributed by atoms with Gasteiger partial charge in [-0.1, -0.05) is 20.8 Å². The molecular formula is C11H22N4. The third-order valence-corrected chi connectivity index (χ3v) is 2.55. The molecule has 0 fully saturated rings. The summed E-state index contributed by atoms with van der Waals surface area (Å²) in [6, 6.07) is 0.143.